The van der Waals surface area contributed by atoms with E-state index in [0.29, 0.717) is 19.8 Å². The Hall–Kier alpha value is -3.65. The number of nitrogens with one attached hydrogen (secondary N) is 2. The number of hydrazine groups is 1. The van der Waals surface area contributed by atoms with Crippen LogP contribution < -0.4 is 15.7 Å². The van der Waals surface area contributed by atoms with Crippen LogP contribution in [0.2, 0.25) is 0 Å². The highest BCUT2D eigenvalue weighted by molar-refractivity contribution is 5.91. The van der Waals surface area contributed by atoms with Gasteiger partial charge in [-0.25, -0.2) is 9.69 Å². The Balaban J connectivity index is 1.22. The number of nitrogens with zero attached hydrogens (tertiary/aromatic N) is 3. The van der Waals surface area contributed by atoms with Crippen molar-refractivity contribution >= 4 is 16.6 Å². The number of fused-ring (bicyclic) bond motifs is 1. The minimum Gasteiger partial charge on any atom is -0.394 e. The van der Waals surface area contributed by atoms with Gasteiger partial charge in [-0.15, -0.1) is 0 Å². The molecule has 7 heteroatoms. The summed E-state index contributed by atoms with van der Waals surface area (Å²) in [5, 5.41) is 11.2. The number of hydrogen-bond acceptors (Lipinski definition) is 6. The topological polar surface area (TPSA) is 63.6 Å². The van der Waals surface area contributed by atoms with Gasteiger partial charge in [0.05, 0.1) is 30.6 Å². The van der Waals surface area contributed by atoms with Crippen LogP contribution in [0.5, 0.6) is 5.75 Å². The molecule has 2 heterocycles. The van der Waals surface area contributed by atoms with E-state index in [9.17, 15) is 0 Å². The molecule has 2 N–H and O–H groups in total. The zero-order chi connectivity index (χ0) is 23.3. The standard InChI is InChI=1S/C27H29N5O2/c1-20-6-10-23(11-7-20)32-27-5-3-4-25(26(27)19-29-32)21(2)28-18-22-8-12-24(13-9-22)34-30-31-14-16-33-17-15-31/h3-13,19,28,30H,2,14-18H2,1H3. The van der Waals surface area contributed by atoms with Crippen LogP contribution in [0.4, 0.5) is 0 Å². The molecule has 0 saturated carbocycles. The molecular weight excluding hydrogens is 426 g/mol. The Morgan fingerprint density at radius 2 is 1.79 bits per heavy atom. The molecule has 0 unspecified atom stereocenters. The van der Waals surface area contributed by atoms with E-state index in [1.165, 1.54) is 5.56 Å². The Morgan fingerprint density at radius 3 is 2.56 bits per heavy atom. The lowest BCUT2D eigenvalue weighted by atomic mass is 10.1. The van der Waals surface area contributed by atoms with Gasteiger partial charge in [0.15, 0.2) is 0 Å². The molecule has 0 atom stereocenters. The lowest BCUT2D eigenvalue weighted by Gasteiger charge is -2.26. The van der Waals surface area contributed by atoms with Crippen molar-refractivity contribution in [1.82, 2.24) is 25.7 Å². The highest BCUT2D eigenvalue weighted by atomic mass is 16.7. The van der Waals surface area contributed by atoms with Gasteiger partial charge in [-0.2, -0.15) is 5.10 Å². The van der Waals surface area contributed by atoms with Crippen LogP contribution in [0, 0.1) is 6.92 Å². The monoisotopic (exact) mass is 455 g/mol. The van der Waals surface area contributed by atoms with E-state index in [1.807, 2.05) is 46.2 Å². The molecule has 0 amide bonds. The molecule has 1 aliphatic rings. The number of aromatic nitrogens is 2. The Labute approximate surface area is 199 Å². The van der Waals surface area contributed by atoms with Crippen molar-refractivity contribution in [3.63, 3.8) is 0 Å². The fraction of sp³-hybridized carbons (Fsp3) is 0.222. The number of ether oxygens (including phenoxy) is 1. The van der Waals surface area contributed by atoms with Gasteiger partial charge in [-0.1, -0.05) is 54.1 Å². The number of hydrogen-bond donors (Lipinski definition) is 2. The third kappa shape index (κ3) is 4.97. The van der Waals surface area contributed by atoms with Crippen LogP contribution in [-0.4, -0.2) is 41.1 Å². The Morgan fingerprint density at radius 1 is 1.03 bits per heavy atom. The van der Waals surface area contributed by atoms with E-state index in [1.54, 1.807) is 0 Å². The van der Waals surface area contributed by atoms with E-state index < -0.39 is 0 Å². The SMILES string of the molecule is C=C(NCc1ccc(ONN2CCOCC2)cc1)c1cccc2c1cnn2-c1ccc(C)cc1. The summed E-state index contributed by atoms with van der Waals surface area (Å²) in [6.45, 7) is 10.1. The summed E-state index contributed by atoms with van der Waals surface area (Å²) in [6.07, 6.45) is 1.91. The average molecular weight is 456 g/mol. The Bertz CT molecular complexity index is 1260. The molecule has 5 rings (SSSR count). The summed E-state index contributed by atoms with van der Waals surface area (Å²) in [5.41, 5.74) is 9.36. The van der Waals surface area contributed by atoms with E-state index in [2.05, 4.69) is 65.9 Å². The summed E-state index contributed by atoms with van der Waals surface area (Å²) < 4.78 is 7.31. The molecule has 174 valence electrons. The first kappa shape index (κ1) is 22.2. The second-order valence-corrected chi connectivity index (χ2v) is 8.40. The molecule has 0 bridgehead atoms. The molecule has 1 aliphatic heterocycles. The normalized spacial score (nSPS) is 14.3. The third-order valence-corrected chi connectivity index (χ3v) is 5.95. The average Bonchev–Trinajstić information content (AvgIpc) is 3.32. The van der Waals surface area contributed by atoms with Crippen LogP contribution in [0.1, 0.15) is 16.7 Å². The van der Waals surface area contributed by atoms with Crippen molar-refractivity contribution in [1.29, 1.82) is 0 Å². The van der Waals surface area contributed by atoms with Crippen LogP contribution in [-0.2, 0) is 11.3 Å². The van der Waals surface area contributed by atoms with Crippen LogP contribution in [0.3, 0.4) is 0 Å². The lowest BCUT2D eigenvalue weighted by molar-refractivity contribution is -0.0614. The largest absolute Gasteiger partial charge is 0.394 e. The van der Waals surface area contributed by atoms with Crippen molar-refractivity contribution in [3.8, 4) is 11.4 Å². The maximum atomic E-state index is 5.66. The molecule has 0 radical (unpaired) electrons. The first-order valence-corrected chi connectivity index (χ1v) is 11.5. The van der Waals surface area contributed by atoms with Crippen molar-refractivity contribution in [2.45, 2.75) is 13.5 Å². The maximum Gasteiger partial charge on any atom is 0.149 e. The van der Waals surface area contributed by atoms with Crippen LogP contribution in [0.25, 0.3) is 22.3 Å². The van der Waals surface area contributed by atoms with Crippen molar-refractivity contribution in [2.75, 3.05) is 26.3 Å². The number of aryl methyl sites for hydroxylation is 1. The second-order valence-electron chi connectivity index (χ2n) is 8.40. The van der Waals surface area contributed by atoms with Gasteiger partial charge in [0.25, 0.3) is 0 Å². The van der Waals surface area contributed by atoms with Crippen LogP contribution in [0.15, 0.2) is 79.5 Å². The van der Waals surface area contributed by atoms with E-state index in [4.69, 9.17) is 9.57 Å². The fourth-order valence-corrected chi connectivity index (χ4v) is 3.96. The van der Waals surface area contributed by atoms with Gasteiger partial charge < -0.3 is 14.9 Å². The number of benzene rings is 3. The van der Waals surface area contributed by atoms with Gasteiger partial charge in [0, 0.05) is 36.3 Å². The molecule has 1 aromatic heterocycles. The van der Waals surface area contributed by atoms with Gasteiger partial charge >= 0.3 is 0 Å². The molecule has 0 aliphatic carbocycles. The van der Waals surface area contributed by atoms with Gasteiger partial charge in [0.1, 0.15) is 5.75 Å². The molecule has 1 fully saturated rings. The third-order valence-electron chi connectivity index (χ3n) is 5.95. The fourth-order valence-electron chi connectivity index (χ4n) is 3.96. The molecule has 0 spiro atoms. The highest BCUT2D eigenvalue weighted by Gasteiger charge is 2.12. The molecule has 34 heavy (non-hydrogen) atoms. The van der Waals surface area contributed by atoms with Gasteiger partial charge in [-0.3, -0.25) is 0 Å². The number of rotatable bonds is 8. The smallest absolute Gasteiger partial charge is 0.149 e. The highest BCUT2D eigenvalue weighted by Crippen LogP contribution is 2.25. The summed E-state index contributed by atoms with van der Waals surface area (Å²) in [6, 6.07) is 22.6. The quantitative estimate of drug-likeness (QED) is 0.388. The molecule has 7 nitrogen and oxygen atoms in total. The van der Waals surface area contributed by atoms with Crippen LogP contribution >= 0.6 is 0 Å². The van der Waals surface area contributed by atoms with E-state index in [0.717, 1.165) is 52.3 Å². The van der Waals surface area contributed by atoms with E-state index >= 15 is 0 Å². The maximum absolute atomic E-state index is 5.66. The molecular formula is C27H29N5O2. The second kappa shape index (κ2) is 10.1. The predicted molar refractivity (Wildman–Crippen MR) is 134 cm³/mol. The van der Waals surface area contributed by atoms with Gasteiger partial charge in [-0.05, 0) is 42.8 Å². The lowest BCUT2D eigenvalue weighted by Crippen LogP contribution is -2.47. The zero-order valence-electron chi connectivity index (χ0n) is 19.3. The molecule has 1 saturated heterocycles. The molecule has 4 aromatic rings. The first-order chi connectivity index (χ1) is 16.7. The van der Waals surface area contributed by atoms with E-state index in [-0.39, 0.29) is 0 Å². The van der Waals surface area contributed by atoms with Crippen molar-refractivity contribution < 1.29 is 9.57 Å². The van der Waals surface area contributed by atoms with Crippen molar-refractivity contribution in [2.24, 2.45) is 0 Å². The zero-order valence-corrected chi connectivity index (χ0v) is 19.3. The first-order valence-electron chi connectivity index (χ1n) is 11.5. The van der Waals surface area contributed by atoms with Gasteiger partial charge in [0.2, 0.25) is 0 Å². The predicted octanol–water partition coefficient (Wildman–Crippen LogP) is 4.23. The Kier molecular flexibility index (Phi) is 6.58. The summed E-state index contributed by atoms with van der Waals surface area (Å²) >= 11 is 0. The summed E-state index contributed by atoms with van der Waals surface area (Å²) in [5.74, 6) is 0.766. The summed E-state index contributed by atoms with van der Waals surface area (Å²) in [7, 11) is 0. The minimum absolute atomic E-state index is 0.665. The minimum atomic E-state index is 0.665. The number of morpholine rings is 1. The van der Waals surface area contributed by atoms with Crippen molar-refractivity contribution in [3.05, 3.63) is 96.2 Å². The molecule has 3 aromatic carbocycles. The summed E-state index contributed by atoms with van der Waals surface area (Å²) in [4.78, 5) is 5.66.